The lowest BCUT2D eigenvalue weighted by Crippen LogP contribution is -2.08. The Balaban J connectivity index is 1.44. The van der Waals surface area contributed by atoms with Gasteiger partial charge >= 0.3 is 0 Å². The highest BCUT2D eigenvalue weighted by atomic mass is 19.2. The van der Waals surface area contributed by atoms with E-state index in [4.69, 9.17) is 0 Å². The van der Waals surface area contributed by atoms with Gasteiger partial charge in [0.15, 0.2) is 0 Å². The summed E-state index contributed by atoms with van der Waals surface area (Å²) in [7, 11) is 0. The predicted octanol–water partition coefficient (Wildman–Crippen LogP) is 10.8. The number of rotatable bonds is 4. The Morgan fingerprint density at radius 3 is 0.607 bits per heavy atom. The second-order valence-electron chi connectivity index (χ2n) is 12.7. The third-order valence-electron chi connectivity index (χ3n) is 9.46. The summed E-state index contributed by atoms with van der Waals surface area (Å²) in [6.45, 7) is 0. The van der Waals surface area contributed by atoms with Crippen molar-refractivity contribution in [2.45, 2.75) is 0 Å². The minimum Gasteiger partial charge on any atom is -0.248 e. The first-order valence-corrected chi connectivity index (χ1v) is 16.9. The quantitative estimate of drug-likeness (QED) is 0.186. The van der Waals surface area contributed by atoms with Crippen molar-refractivity contribution in [3.8, 4) is 0 Å². The van der Waals surface area contributed by atoms with Crippen molar-refractivity contribution in [2.24, 2.45) is 20.0 Å². The standard InChI is InChI=1S/C44H20F8N4/c45-21-5-1-6-22(46)37(21)41-29-13-15-31(53-29)42(38-23(47)7-2-8-24(38)48)33-17-19-35(55-33)44(40-27(51)11-4-12-28(40)52)36-20-18-34(56-36)43(32-16-14-30(41)54-32)39-25(49)9-3-10-26(39)50/h1-20H. The molecule has 0 N–H and O–H groups in total. The Morgan fingerprint density at radius 1 is 0.250 bits per heavy atom. The number of fused-ring (bicyclic) bond motifs is 4. The van der Waals surface area contributed by atoms with E-state index < -0.39 is 68.8 Å². The van der Waals surface area contributed by atoms with E-state index in [1.807, 2.05) is 0 Å². The molecule has 4 nitrogen and oxygen atoms in total. The van der Waals surface area contributed by atoms with Crippen LogP contribution >= 0.6 is 0 Å². The molecule has 0 atom stereocenters. The summed E-state index contributed by atoms with van der Waals surface area (Å²) in [6.07, 6.45) is 10.9. The zero-order valence-electron chi connectivity index (χ0n) is 28.4. The second kappa shape index (κ2) is 13.3. The van der Waals surface area contributed by atoms with Gasteiger partial charge < -0.3 is 0 Å². The van der Waals surface area contributed by atoms with Crippen LogP contribution in [-0.4, -0.2) is 22.8 Å². The molecular formula is C44H20F8N4. The van der Waals surface area contributed by atoms with Crippen molar-refractivity contribution in [3.05, 3.63) is 213 Å². The van der Waals surface area contributed by atoms with E-state index in [1.165, 1.54) is 48.6 Å². The Kier molecular flexibility index (Phi) is 8.26. The van der Waals surface area contributed by atoms with Gasteiger partial charge in [-0.05, 0) is 97.1 Å². The lowest BCUT2D eigenvalue weighted by molar-refractivity contribution is 0.577. The van der Waals surface area contributed by atoms with Crippen LogP contribution in [0.1, 0.15) is 22.3 Å². The van der Waals surface area contributed by atoms with E-state index in [9.17, 15) is 0 Å². The van der Waals surface area contributed by atoms with Gasteiger partial charge in [-0.3, -0.25) is 0 Å². The maximum atomic E-state index is 15.7. The average molecular weight is 757 g/mol. The molecule has 0 aromatic heterocycles. The van der Waals surface area contributed by atoms with Crippen molar-refractivity contribution in [1.29, 1.82) is 0 Å². The summed E-state index contributed by atoms with van der Waals surface area (Å²) in [5.41, 5.74) is -3.65. The van der Waals surface area contributed by atoms with Gasteiger partial charge in [0, 0.05) is 22.3 Å². The smallest absolute Gasteiger partial charge is 0.134 e. The maximum absolute atomic E-state index is 15.7. The van der Waals surface area contributed by atoms with E-state index in [2.05, 4.69) is 20.0 Å². The molecule has 4 aromatic carbocycles. The van der Waals surface area contributed by atoms with E-state index in [-0.39, 0.29) is 67.9 Å². The second-order valence-corrected chi connectivity index (χ2v) is 12.7. The van der Waals surface area contributed by atoms with Gasteiger partial charge in [-0.25, -0.2) is 55.1 Å². The highest BCUT2D eigenvalue weighted by Gasteiger charge is 2.32. The summed E-state index contributed by atoms with van der Waals surface area (Å²) in [5, 5.41) is 0. The van der Waals surface area contributed by atoms with Gasteiger partial charge in [0.05, 0.1) is 67.9 Å². The molecule has 0 fully saturated rings. The number of halogens is 8. The third kappa shape index (κ3) is 5.60. The first kappa shape index (κ1) is 34.7. The number of hydrogen-bond acceptors (Lipinski definition) is 4. The molecule has 272 valence electrons. The van der Waals surface area contributed by atoms with Gasteiger partial charge in [-0.1, -0.05) is 24.3 Å². The zero-order chi connectivity index (χ0) is 38.8. The number of benzene rings is 4. The molecule has 0 aliphatic carbocycles. The van der Waals surface area contributed by atoms with Crippen LogP contribution in [0.3, 0.4) is 0 Å². The van der Waals surface area contributed by atoms with Crippen LogP contribution in [0, 0.1) is 46.5 Å². The van der Waals surface area contributed by atoms with E-state index in [0.29, 0.717) is 0 Å². The number of allylic oxidation sites excluding steroid dienone is 12. The summed E-state index contributed by atoms with van der Waals surface area (Å²) in [6, 6.07) is 12.8. The van der Waals surface area contributed by atoms with Crippen molar-refractivity contribution >= 4 is 45.1 Å². The van der Waals surface area contributed by atoms with Crippen LogP contribution < -0.4 is 0 Å². The van der Waals surface area contributed by atoms with Crippen LogP contribution in [0.25, 0.3) is 22.3 Å². The molecule has 8 bridgehead atoms. The molecule has 56 heavy (non-hydrogen) atoms. The molecule has 5 aliphatic heterocycles. The first-order chi connectivity index (χ1) is 27.1. The van der Waals surface area contributed by atoms with E-state index in [0.717, 1.165) is 72.8 Å². The van der Waals surface area contributed by atoms with E-state index >= 15 is 35.1 Å². The van der Waals surface area contributed by atoms with Crippen molar-refractivity contribution in [2.75, 3.05) is 0 Å². The monoisotopic (exact) mass is 756 g/mol. The van der Waals surface area contributed by atoms with Gasteiger partial charge in [0.25, 0.3) is 0 Å². The minimum atomic E-state index is -0.995. The Hall–Kier alpha value is -7.08. The topological polar surface area (TPSA) is 49.4 Å². The van der Waals surface area contributed by atoms with Crippen LogP contribution in [-0.2, 0) is 0 Å². The number of nitrogens with zero attached hydrogens (tertiary/aromatic N) is 4. The van der Waals surface area contributed by atoms with Crippen LogP contribution in [0.4, 0.5) is 35.1 Å². The molecule has 0 amide bonds. The average Bonchev–Trinajstić information content (AvgIpc) is 4.00. The van der Waals surface area contributed by atoms with Crippen molar-refractivity contribution in [1.82, 2.24) is 0 Å². The van der Waals surface area contributed by atoms with Crippen molar-refractivity contribution < 1.29 is 35.1 Å². The van der Waals surface area contributed by atoms with Gasteiger partial charge in [-0.2, -0.15) is 0 Å². The first-order valence-electron chi connectivity index (χ1n) is 16.9. The lowest BCUT2D eigenvalue weighted by Gasteiger charge is -2.14. The summed E-state index contributed by atoms with van der Waals surface area (Å²) in [4.78, 5) is 18.5. The minimum absolute atomic E-state index is 0.0882. The predicted molar refractivity (Wildman–Crippen MR) is 199 cm³/mol. The maximum Gasteiger partial charge on any atom is 0.134 e. The molecule has 0 saturated carbocycles. The Bertz CT molecular complexity index is 2410. The molecular weight excluding hydrogens is 736 g/mol. The zero-order valence-corrected chi connectivity index (χ0v) is 28.4. The van der Waals surface area contributed by atoms with Gasteiger partial charge in [0.2, 0.25) is 0 Å². The Morgan fingerprint density at radius 2 is 0.429 bits per heavy atom. The summed E-state index contributed by atoms with van der Waals surface area (Å²) >= 11 is 0. The molecule has 5 aliphatic rings. The van der Waals surface area contributed by atoms with Gasteiger partial charge in [-0.15, -0.1) is 0 Å². The summed E-state index contributed by atoms with van der Waals surface area (Å²) < 4.78 is 125. The molecule has 5 heterocycles. The molecule has 0 radical (unpaired) electrons. The molecule has 0 unspecified atom stereocenters. The van der Waals surface area contributed by atoms with Gasteiger partial charge in [0.1, 0.15) is 46.5 Å². The number of hydrogen-bond donors (Lipinski definition) is 0. The number of aliphatic imine (C=N–C) groups is 4. The highest BCUT2D eigenvalue weighted by Crippen LogP contribution is 2.41. The Labute approximate surface area is 312 Å². The van der Waals surface area contributed by atoms with Crippen LogP contribution in [0.2, 0.25) is 0 Å². The molecule has 0 saturated heterocycles. The lowest BCUT2D eigenvalue weighted by atomic mass is 9.97. The van der Waals surface area contributed by atoms with Crippen molar-refractivity contribution in [3.63, 3.8) is 0 Å². The normalized spacial score (nSPS) is 17.1. The fourth-order valence-electron chi connectivity index (χ4n) is 7.06. The molecule has 12 heteroatoms. The highest BCUT2D eigenvalue weighted by molar-refractivity contribution is 6.39. The molecule has 9 rings (SSSR count). The molecule has 0 spiro atoms. The fourth-order valence-corrected chi connectivity index (χ4v) is 7.06. The molecule has 4 aromatic rings. The largest absolute Gasteiger partial charge is 0.248 e. The SMILES string of the molecule is Fc1cccc(F)c1C1=C2C=CC(=N2)C(c2c(F)cccc2F)=C2C=CC(=N2)C(c2c(F)cccc2F)=C2C=CC(=N2)C(c2c(F)cccc2F)=C2C=CC1=N2. The van der Waals surface area contributed by atoms with Crippen LogP contribution in [0.15, 0.2) is 164 Å². The fraction of sp³-hybridized carbons (Fsp3) is 0. The van der Waals surface area contributed by atoms with Crippen LogP contribution in [0.5, 0.6) is 0 Å². The van der Waals surface area contributed by atoms with E-state index in [1.54, 1.807) is 0 Å². The summed E-state index contributed by atoms with van der Waals surface area (Å²) in [5.74, 6) is -7.96. The third-order valence-corrected chi connectivity index (χ3v) is 9.46.